The average molecular weight is 344 g/mol. The summed E-state index contributed by atoms with van der Waals surface area (Å²) in [5.41, 5.74) is 1.10. The molecule has 0 bridgehead atoms. The molecule has 0 saturated carbocycles. The van der Waals surface area contributed by atoms with E-state index in [0.717, 1.165) is 23.7 Å². The van der Waals surface area contributed by atoms with Gasteiger partial charge in [-0.3, -0.25) is 0 Å². The van der Waals surface area contributed by atoms with Crippen LogP contribution < -0.4 is 4.74 Å². The average Bonchev–Trinajstić information content (AvgIpc) is 2.18. The van der Waals surface area contributed by atoms with Gasteiger partial charge in [0.25, 0.3) is 0 Å². The molecule has 1 aromatic rings. The van der Waals surface area contributed by atoms with Crippen molar-refractivity contribution in [3.05, 3.63) is 28.2 Å². The van der Waals surface area contributed by atoms with E-state index >= 15 is 0 Å². The molecule has 0 unspecified atom stereocenters. The maximum atomic E-state index is 12.0. The molecular formula is C10H10Br2F2O. The standard InChI is InChI=1S/C10H10Br2F2O/c11-5-1-2-7-3-4-9(8(12)6-7)15-10(13)14/h3-4,6,10H,1-2,5H2. The van der Waals surface area contributed by atoms with Gasteiger partial charge >= 0.3 is 6.61 Å². The van der Waals surface area contributed by atoms with E-state index in [4.69, 9.17) is 0 Å². The van der Waals surface area contributed by atoms with Gasteiger partial charge in [-0.25, -0.2) is 0 Å². The van der Waals surface area contributed by atoms with E-state index in [9.17, 15) is 8.78 Å². The Balaban J connectivity index is 2.70. The van der Waals surface area contributed by atoms with Gasteiger partial charge in [0.15, 0.2) is 0 Å². The summed E-state index contributed by atoms with van der Waals surface area (Å²) in [5, 5.41) is 0.930. The second-order valence-corrected chi connectivity index (χ2v) is 4.58. The number of alkyl halides is 3. The van der Waals surface area contributed by atoms with Crippen LogP contribution in [-0.4, -0.2) is 11.9 Å². The van der Waals surface area contributed by atoms with E-state index in [1.165, 1.54) is 0 Å². The molecule has 0 aliphatic carbocycles. The maximum Gasteiger partial charge on any atom is 0.387 e. The summed E-state index contributed by atoms with van der Waals surface area (Å²) in [7, 11) is 0. The molecule has 0 aliphatic rings. The molecule has 84 valence electrons. The van der Waals surface area contributed by atoms with Gasteiger partial charge in [-0.2, -0.15) is 8.78 Å². The zero-order chi connectivity index (χ0) is 11.3. The highest BCUT2D eigenvalue weighted by Crippen LogP contribution is 2.27. The van der Waals surface area contributed by atoms with Gasteiger partial charge in [0.2, 0.25) is 0 Å². The Bertz CT molecular complexity index is 318. The smallest absolute Gasteiger partial charge is 0.387 e. The summed E-state index contributed by atoms with van der Waals surface area (Å²) >= 11 is 6.53. The van der Waals surface area contributed by atoms with E-state index in [1.807, 2.05) is 0 Å². The van der Waals surface area contributed by atoms with E-state index in [2.05, 4.69) is 36.6 Å². The highest BCUT2D eigenvalue weighted by atomic mass is 79.9. The van der Waals surface area contributed by atoms with Crippen molar-refractivity contribution in [1.29, 1.82) is 0 Å². The monoisotopic (exact) mass is 342 g/mol. The lowest BCUT2D eigenvalue weighted by Gasteiger charge is -2.08. The number of hydrogen-bond acceptors (Lipinski definition) is 1. The van der Waals surface area contributed by atoms with Crippen LogP contribution in [-0.2, 0) is 6.42 Å². The first kappa shape index (κ1) is 12.9. The van der Waals surface area contributed by atoms with Crippen LogP contribution in [0.5, 0.6) is 5.75 Å². The number of halogens is 4. The predicted molar refractivity (Wildman–Crippen MR) is 62.9 cm³/mol. The lowest BCUT2D eigenvalue weighted by Crippen LogP contribution is -2.02. The molecule has 0 atom stereocenters. The molecule has 1 nitrogen and oxygen atoms in total. The lowest BCUT2D eigenvalue weighted by atomic mass is 10.1. The van der Waals surface area contributed by atoms with E-state index < -0.39 is 6.61 Å². The molecule has 0 fully saturated rings. The van der Waals surface area contributed by atoms with Crippen molar-refractivity contribution in [1.82, 2.24) is 0 Å². The highest BCUT2D eigenvalue weighted by molar-refractivity contribution is 9.10. The summed E-state index contributed by atoms with van der Waals surface area (Å²) in [6.45, 7) is -2.78. The summed E-state index contributed by atoms with van der Waals surface area (Å²) in [5.74, 6) is 0.174. The minimum atomic E-state index is -2.78. The Labute approximate surface area is 104 Å². The van der Waals surface area contributed by atoms with E-state index in [-0.39, 0.29) is 5.75 Å². The molecule has 1 aromatic carbocycles. The van der Waals surface area contributed by atoms with Crippen LogP contribution in [0.15, 0.2) is 22.7 Å². The van der Waals surface area contributed by atoms with Gasteiger partial charge in [-0.15, -0.1) is 0 Å². The van der Waals surface area contributed by atoms with Gasteiger partial charge < -0.3 is 4.74 Å². The van der Waals surface area contributed by atoms with Crippen LogP contribution in [0.2, 0.25) is 0 Å². The topological polar surface area (TPSA) is 9.23 Å². The summed E-state index contributed by atoms with van der Waals surface area (Å²) in [4.78, 5) is 0. The third-order valence-corrected chi connectivity index (χ3v) is 2.99. The van der Waals surface area contributed by atoms with Crippen LogP contribution in [0, 0.1) is 0 Å². The Morgan fingerprint density at radius 3 is 2.60 bits per heavy atom. The van der Waals surface area contributed by atoms with Gasteiger partial charge in [0, 0.05) is 5.33 Å². The normalized spacial score (nSPS) is 10.7. The van der Waals surface area contributed by atoms with Crippen molar-refractivity contribution in [2.75, 3.05) is 5.33 Å². The lowest BCUT2D eigenvalue weighted by molar-refractivity contribution is -0.0503. The molecule has 5 heteroatoms. The summed E-state index contributed by atoms with van der Waals surface area (Å²) < 4.78 is 28.8. The maximum absolute atomic E-state index is 12.0. The molecule has 0 aromatic heterocycles. The molecule has 1 rings (SSSR count). The van der Waals surface area contributed by atoms with Crippen molar-refractivity contribution >= 4 is 31.9 Å². The van der Waals surface area contributed by atoms with E-state index in [0.29, 0.717) is 4.47 Å². The number of ether oxygens (including phenoxy) is 1. The molecular weight excluding hydrogens is 334 g/mol. The largest absolute Gasteiger partial charge is 0.434 e. The summed E-state index contributed by atoms with van der Waals surface area (Å²) in [6.07, 6.45) is 1.93. The molecule has 0 spiro atoms. The summed E-state index contributed by atoms with van der Waals surface area (Å²) in [6, 6.07) is 5.16. The molecule has 0 N–H and O–H groups in total. The molecule has 0 heterocycles. The Morgan fingerprint density at radius 2 is 2.07 bits per heavy atom. The third kappa shape index (κ3) is 4.47. The quantitative estimate of drug-likeness (QED) is 0.721. The molecule has 15 heavy (non-hydrogen) atoms. The number of hydrogen-bond donors (Lipinski definition) is 0. The van der Waals surface area contributed by atoms with Crippen LogP contribution in [0.4, 0.5) is 8.78 Å². The number of benzene rings is 1. The van der Waals surface area contributed by atoms with Crippen molar-refractivity contribution in [2.24, 2.45) is 0 Å². The highest BCUT2D eigenvalue weighted by Gasteiger charge is 2.08. The van der Waals surface area contributed by atoms with Crippen molar-refractivity contribution in [2.45, 2.75) is 19.5 Å². The second kappa shape index (κ2) is 6.43. The molecule has 0 radical (unpaired) electrons. The van der Waals surface area contributed by atoms with Gasteiger partial charge in [-0.05, 0) is 46.5 Å². The number of rotatable bonds is 5. The zero-order valence-corrected chi connectivity index (χ0v) is 11.0. The van der Waals surface area contributed by atoms with Crippen LogP contribution in [0.3, 0.4) is 0 Å². The minimum absolute atomic E-state index is 0.174. The predicted octanol–water partition coefficient (Wildman–Crippen LogP) is 4.38. The second-order valence-electron chi connectivity index (χ2n) is 2.94. The third-order valence-electron chi connectivity index (χ3n) is 1.81. The first-order valence-corrected chi connectivity index (χ1v) is 6.34. The molecule has 0 saturated heterocycles. The van der Waals surface area contributed by atoms with Crippen LogP contribution in [0.25, 0.3) is 0 Å². The molecule has 0 aliphatic heterocycles. The first-order valence-electron chi connectivity index (χ1n) is 4.42. The van der Waals surface area contributed by atoms with Crippen molar-refractivity contribution < 1.29 is 13.5 Å². The van der Waals surface area contributed by atoms with Crippen molar-refractivity contribution in [3.8, 4) is 5.75 Å². The molecule has 0 amide bonds. The number of aryl methyl sites for hydroxylation is 1. The van der Waals surface area contributed by atoms with Gasteiger partial charge in [0.1, 0.15) is 5.75 Å². The Hall–Kier alpha value is -0.160. The van der Waals surface area contributed by atoms with Crippen LogP contribution in [0.1, 0.15) is 12.0 Å². The first-order chi connectivity index (χ1) is 7.13. The van der Waals surface area contributed by atoms with E-state index in [1.54, 1.807) is 18.2 Å². The minimum Gasteiger partial charge on any atom is -0.434 e. The SMILES string of the molecule is FC(F)Oc1ccc(CCCBr)cc1Br. The zero-order valence-electron chi connectivity index (χ0n) is 7.85. The Morgan fingerprint density at radius 1 is 1.33 bits per heavy atom. The van der Waals surface area contributed by atoms with Gasteiger partial charge in [0.05, 0.1) is 4.47 Å². The van der Waals surface area contributed by atoms with Crippen molar-refractivity contribution in [3.63, 3.8) is 0 Å². The Kier molecular flexibility index (Phi) is 5.53. The fourth-order valence-corrected chi connectivity index (χ4v) is 1.96. The fraction of sp³-hybridized carbons (Fsp3) is 0.400. The van der Waals surface area contributed by atoms with Gasteiger partial charge in [-0.1, -0.05) is 22.0 Å². The fourth-order valence-electron chi connectivity index (χ4n) is 1.16. The van der Waals surface area contributed by atoms with Crippen LogP contribution >= 0.6 is 31.9 Å².